The Hall–Kier alpha value is -2.07. The Bertz CT molecular complexity index is 614. The van der Waals surface area contributed by atoms with Gasteiger partial charge in [-0.2, -0.15) is 0 Å². The minimum Gasteiger partial charge on any atom is -0.465 e. The third-order valence-corrected chi connectivity index (χ3v) is 3.16. The zero-order valence-corrected chi connectivity index (χ0v) is 11.6. The van der Waals surface area contributed by atoms with Gasteiger partial charge in [0.15, 0.2) is 0 Å². The lowest BCUT2D eigenvalue weighted by Crippen LogP contribution is -2.03. The molecule has 0 aliphatic heterocycles. The van der Waals surface area contributed by atoms with Gasteiger partial charge in [-0.3, -0.25) is 0 Å². The van der Waals surface area contributed by atoms with Gasteiger partial charge in [-0.05, 0) is 42.0 Å². The number of rotatable bonds is 4. The summed E-state index contributed by atoms with van der Waals surface area (Å²) in [4.78, 5) is 11.3. The van der Waals surface area contributed by atoms with E-state index in [2.05, 4.69) is 10.1 Å². The van der Waals surface area contributed by atoms with E-state index in [1.807, 2.05) is 0 Å². The summed E-state index contributed by atoms with van der Waals surface area (Å²) in [5.74, 6) is -0.737. The number of esters is 1. The lowest BCUT2D eigenvalue weighted by Gasteiger charge is -2.08. The normalized spacial score (nSPS) is 10.2. The summed E-state index contributed by atoms with van der Waals surface area (Å²) in [5, 5.41) is 3.52. The monoisotopic (exact) mass is 293 g/mol. The number of hydrogen-bond donors (Lipinski definition) is 1. The molecule has 2 aromatic carbocycles. The van der Waals surface area contributed by atoms with Gasteiger partial charge in [0.05, 0.1) is 12.7 Å². The van der Waals surface area contributed by atoms with Crippen molar-refractivity contribution in [2.24, 2.45) is 0 Å². The maximum Gasteiger partial charge on any atom is 0.337 e. The first kappa shape index (κ1) is 14.3. The molecule has 0 saturated carbocycles. The SMILES string of the molecule is COC(=O)c1ccc(NCc2ccc(F)cc2Cl)cc1. The van der Waals surface area contributed by atoms with Crippen molar-refractivity contribution >= 4 is 23.3 Å². The quantitative estimate of drug-likeness (QED) is 0.870. The predicted octanol–water partition coefficient (Wildman–Crippen LogP) is 3.88. The number of ether oxygens (including phenoxy) is 1. The van der Waals surface area contributed by atoms with Gasteiger partial charge in [0.1, 0.15) is 5.82 Å². The first-order chi connectivity index (χ1) is 9.60. The molecule has 2 rings (SSSR count). The van der Waals surface area contributed by atoms with Crippen molar-refractivity contribution in [1.29, 1.82) is 0 Å². The first-order valence-corrected chi connectivity index (χ1v) is 6.34. The molecule has 0 amide bonds. The van der Waals surface area contributed by atoms with Crippen LogP contribution < -0.4 is 5.32 Å². The lowest BCUT2D eigenvalue weighted by atomic mass is 10.2. The Kier molecular flexibility index (Phi) is 4.58. The van der Waals surface area contributed by atoms with Crippen LogP contribution in [-0.2, 0) is 11.3 Å². The van der Waals surface area contributed by atoms with Crippen molar-refractivity contribution in [3.63, 3.8) is 0 Å². The number of anilines is 1. The Morgan fingerprint density at radius 1 is 1.25 bits per heavy atom. The summed E-state index contributed by atoms with van der Waals surface area (Å²) < 4.78 is 17.5. The number of carbonyl (C=O) groups is 1. The molecule has 0 spiro atoms. The molecule has 5 heteroatoms. The average molecular weight is 294 g/mol. The zero-order chi connectivity index (χ0) is 14.5. The molecule has 0 unspecified atom stereocenters. The van der Waals surface area contributed by atoms with Crippen molar-refractivity contribution in [3.05, 3.63) is 64.4 Å². The molecule has 0 fully saturated rings. The molecule has 0 heterocycles. The maximum absolute atomic E-state index is 12.9. The highest BCUT2D eigenvalue weighted by Gasteiger charge is 2.05. The Morgan fingerprint density at radius 3 is 2.55 bits per heavy atom. The fourth-order valence-electron chi connectivity index (χ4n) is 1.70. The second-order valence-corrected chi connectivity index (χ2v) is 4.57. The molecule has 0 atom stereocenters. The summed E-state index contributed by atoms with van der Waals surface area (Å²) in [6, 6.07) is 11.1. The summed E-state index contributed by atoms with van der Waals surface area (Å²) in [7, 11) is 1.34. The molecule has 3 nitrogen and oxygen atoms in total. The van der Waals surface area contributed by atoms with Gasteiger partial charge < -0.3 is 10.1 Å². The fourth-order valence-corrected chi connectivity index (χ4v) is 1.94. The number of methoxy groups -OCH3 is 1. The van der Waals surface area contributed by atoms with E-state index in [0.717, 1.165) is 11.3 Å². The molecule has 104 valence electrons. The van der Waals surface area contributed by atoms with Crippen molar-refractivity contribution in [1.82, 2.24) is 0 Å². The summed E-state index contributed by atoms with van der Waals surface area (Å²) >= 11 is 5.94. The largest absolute Gasteiger partial charge is 0.465 e. The fraction of sp³-hybridized carbons (Fsp3) is 0.133. The van der Waals surface area contributed by atoms with Gasteiger partial charge in [0.25, 0.3) is 0 Å². The Balaban J connectivity index is 2.02. The van der Waals surface area contributed by atoms with E-state index in [0.29, 0.717) is 17.1 Å². The van der Waals surface area contributed by atoms with Crippen molar-refractivity contribution in [2.75, 3.05) is 12.4 Å². The smallest absolute Gasteiger partial charge is 0.337 e. The highest BCUT2D eigenvalue weighted by atomic mass is 35.5. The molecule has 0 aliphatic rings. The van der Waals surface area contributed by atoms with Gasteiger partial charge in [-0.15, -0.1) is 0 Å². The molecular formula is C15H13ClFNO2. The highest BCUT2D eigenvalue weighted by molar-refractivity contribution is 6.31. The molecule has 0 aromatic heterocycles. The van der Waals surface area contributed by atoms with Gasteiger partial charge in [0, 0.05) is 17.3 Å². The van der Waals surface area contributed by atoms with Crippen LogP contribution in [0.2, 0.25) is 5.02 Å². The Labute approximate surface area is 121 Å². The topological polar surface area (TPSA) is 38.3 Å². The van der Waals surface area contributed by atoms with Crippen LogP contribution in [0.25, 0.3) is 0 Å². The van der Waals surface area contributed by atoms with E-state index in [9.17, 15) is 9.18 Å². The Morgan fingerprint density at radius 2 is 1.95 bits per heavy atom. The van der Waals surface area contributed by atoms with Crippen molar-refractivity contribution in [3.8, 4) is 0 Å². The summed E-state index contributed by atoms with van der Waals surface area (Å²) in [6.07, 6.45) is 0. The minimum absolute atomic E-state index is 0.360. The zero-order valence-electron chi connectivity index (χ0n) is 10.8. The number of hydrogen-bond acceptors (Lipinski definition) is 3. The maximum atomic E-state index is 12.9. The number of nitrogens with one attached hydrogen (secondary N) is 1. The highest BCUT2D eigenvalue weighted by Crippen LogP contribution is 2.19. The van der Waals surface area contributed by atoms with Crippen LogP contribution >= 0.6 is 11.6 Å². The molecular weight excluding hydrogens is 281 g/mol. The van der Waals surface area contributed by atoms with Crippen LogP contribution in [0.1, 0.15) is 15.9 Å². The molecule has 1 N–H and O–H groups in total. The van der Waals surface area contributed by atoms with Crippen LogP contribution in [-0.4, -0.2) is 13.1 Å². The molecule has 0 bridgehead atoms. The van der Waals surface area contributed by atoms with Crippen LogP contribution in [0.4, 0.5) is 10.1 Å². The van der Waals surface area contributed by atoms with Crippen LogP contribution in [0.15, 0.2) is 42.5 Å². The van der Waals surface area contributed by atoms with Crippen LogP contribution in [0.3, 0.4) is 0 Å². The predicted molar refractivity (Wildman–Crippen MR) is 76.5 cm³/mol. The van der Waals surface area contributed by atoms with E-state index in [1.165, 1.54) is 19.2 Å². The third kappa shape index (κ3) is 3.48. The molecule has 20 heavy (non-hydrogen) atoms. The van der Waals surface area contributed by atoms with Gasteiger partial charge >= 0.3 is 5.97 Å². The van der Waals surface area contributed by atoms with Gasteiger partial charge in [-0.25, -0.2) is 9.18 Å². The summed E-state index contributed by atoms with van der Waals surface area (Å²) in [6.45, 7) is 0.469. The van der Waals surface area contributed by atoms with E-state index in [-0.39, 0.29) is 11.8 Å². The number of benzene rings is 2. The van der Waals surface area contributed by atoms with Crippen LogP contribution in [0, 0.1) is 5.82 Å². The first-order valence-electron chi connectivity index (χ1n) is 5.96. The van der Waals surface area contributed by atoms with E-state index in [4.69, 9.17) is 11.6 Å². The van der Waals surface area contributed by atoms with Crippen molar-refractivity contribution in [2.45, 2.75) is 6.54 Å². The van der Waals surface area contributed by atoms with E-state index in [1.54, 1.807) is 30.3 Å². The second kappa shape index (κ2) is 6.39. The van der Waals surface area contributed by atoms with Gasteiger partial charge in [0.2, 0.25) is 0 Å². The minimum atomic E-state index is -0.377. The lowest BCUT2D eigenvalue weighted by molar-refractivity contribution is 0.0601. The van der Waals surface area contributed by atoms with Crippen molar-refractivity contribution < 1.29 is 13.9 Å². The molecule has 0 radical (unpaired) electrons. The standard InChI is InChI=1S/C15H13ClFNO2/c1-20-15(19)10-3-6-13(7-4-10)18-9-11-2-5-12(17)8-14(11)16/h2-8,18H,9H2,1H3. The molecule has 2 aromatic rings. The number of halogens is 2. The second-order valence-electron chi connectivity index (χ2n) is 4.16. The van der Waals surface area contributed by atoms with E-state index < -0.39 is 0 Å². The summed E-state index contributed by atoms with van der Waals surface area (Å²) in [5.41, 5.74) is 2.11. The van der Waals surface area contributed by atoms with Gasteiger partial charge in [-0.1, -0.05) is 17.7 Å². The molecule has 0 saturated heterocycles. The third-order valence-electron chi connectivity index (χ3n) is 2.80. The van der Waals surface area contributed by atoms with E-state index >= 15 is 0 Å². The van der Waals surface area contributed by atoms with Crippen LogP contribution in [0.5, 0.6) is 0 Å². The molecule has 0 aliphatic carbocycles. The number of carbonyl (C=O) groups excluding carboxylic acids is 1. The average Bonchev–Trinajstić information content (AvgIpc) is 2.46.